The van der Waals surface area contributed by atoms with E-state index in [9.17, 15) is 0 Å². The number of rotatable bonds is 5. The second-order valence-corrected chi connectivity index (χ2v) is 5.79. The van der Waals surface area contributed by atoms with Crippen molar-refractivity contribution in [1.82, 2.24) is 25.3 Å². The second kappa shape index (κ2) is 5.88. The average Bonchev–Trinajstić information content (AvgIpc) is 3.31. The van der Waals surface area contributed by atoms with Crippen LogP contribution >= 0.6 is 11.8 Å². The highest BCUT2D eigenvalue weighted by Crippen LogP contribution is 2.30. The van der Waals surface area contributed by atoms with Gasteiger partial charge in [-0.25, -0.2) is 0 Å². The molecule has 23 heavy (non-hydrogen) atoms. The number of aromatic nitrogens is 5. The smallest absolute Gasteiger partial charge is 0.277 e. The Bertz CT molecular complexity index is 942. The molecule has 0 amide bonds. The predicted octanol–water partition coefficient (Wildman–Crippen LogP) is 3.46. The number of aromatic amines is 1. The van der Waals surface area contributed by atoms with Crippen molar-refractivity contribution >= 4 is 22.7 Å². The minimum Gasteiger partial charge on any atom is -0.411 e. The Morgan fingerprint density at radius 3 is 3.00 bits per heavy atom. The van der Waals surface area contributed by atoms with Crippen LogP contribution in [-0.4, -0.2) is 25.3 Å². The maximum atomic E-state index is 5.72. The number of para-hydroxylation sites is 1. The molecule has 0 saturated heterocycles. The molecule has 4 rings (SSSR count). The van der Waals surface area contributed by atoms with Gasteiger partial charge in [-0.05, 0) is 6.07 Å². The number of H-pyrrole nitrogens is 1. The van der Waals surface area contributed by atoms with Crippen molar-refractivity contribution in [2.75, 3.05) is 0 Å². The number of benzene rings is 1. The molecular weight excluding hydrogens is 314 g/mol. The molecule has 0 bridgehead atoms. The van der Waals surface area contributed by atoms with Gasteiger partial charge in [-0.1, -0.05) is 42.0 Å². The zero-order chi connectivity index (χ0) is 15.6. The summed E-state index contributed by atoms with van der Waals surface area (Å²) in [6, 6.07) is 7.98. The third kappa shape index (κ3) is 2.72. The summed E-state index contributed by atoms with van der Waals surface area (Å²) < 4.78 is 10.9. The molecular formula is C15H13N5O2S. The Morgan fingerprint density at radius 2 is 2.13 bits per heavy atom. The first kappa shape index (κ1) is 14.0. The average molecular weight is 327 g/mol. The molecule has 4 aromatic rings. The van der Waals surface area contributed by atoms with Crippen LogP contribution in [0.25, 0.3) is 22.4 Å². The normalized spacial score (nSPS) is 11.3. The van der Waals surface area contributed by atoms with Crippen LogP contribution in [0, 0.1) is 0 Å². The first-order valence-corrected chi connectivity index (χ1v) is 8.16. The van der Waals surface area contributed by atoms with E-state index in [2.05, 4.69) is 25.3 Å². The van der Waals surface area contributed by atoms with Crippen LogP contribution in [0.3, 0.4) is 0 Å². The number of aryl methyl sites for hydroxylation is 1. The summed E-state index contributed by atoms with van der Waals surface area (Å²) in [5.41, 5.74) is 1.93. The predicted molar refractivity (Wildman–Crippen MR) is 84.8 cm³/mol. The number of thioether (sulfide) groups is 1. The minimum absolute atomic E-state index is 0.474. The number of hydrogen-bond acceptors (Lipinski definition) is 7. The van der Waals surface area contributed by atoms with Crippen LogP contribution in [0.5, 0.6) is 0 Å². The van der Waals surface area contributed by atoms with Crippen LogP contribution in [-0.2, 0) is 12.2 Å². The standard InChI is InChI=1S/C15H13N5O2S/c1-2-12-17-13(22-20-12)8-23-15-19-18-14(21-15)10-7-16-11-6-4-3-5-9(10)11/h3-7,16H,2,8H2,1H3. The number of nitrogens with one attached hydrogen (secondary N) is 1. The lowest BCUT2D eigenvalue weighted by Gasteiger charge is -1.92. The zero-order valence-electron chi connectivity index (χ0n) is 12.3. The Balaban J connectivity index is 1.52. The first-order valence-electron chi connectivity index (χ1n) is 7.17. The summed E-state index contributed by atoms with van der Waals surface area (Å²) in [5.74, 6) is 2.25. The molecule has 0 aliphatic carbocycles. The van der Waals surface area contributed by atoms with Gasteiger partial charge in [0, 0.05) is 23.5 Å². The SMILES string of the molecule is CCc1noc(CSc2nnc(-c3c[nH]c4ccccc34)o2)n1. The molecule has 1 N–H and O–H groups in total. The summed E-state index contributed by atoms with van der Waals surface area (Å²) in [5, 5.41) is 13.6. The molecule has 0 radical (unpaired) electrons. The van der Waals surface area contributed by atoms with Crippen molar-refractivity contribution < 1.29 is 8.94 Å². The van der Waals surface area contributed by atoms with Crippen LogP contribution in [0.4, 0.5) is 0 Å². The summed E-state index contributed by atoms with van der Waals surface area (Å²) in [6.07, 6.45) is 2.62. The summed E-state index contributed by atoms with van der Waals surface area (Å²) in [6.45, 7) is 1.98. The van der Waals surface area contributed by atoms with Crippen molar-refractivity contribution in [2.24, 2.45) is 0 Å². The third-order valence-electron chi connectivity index (χ3n) is 3.37. The van der Waals surface area contributed by atoms with Gasteiger partial charge in [0.25, 0.3) is 11.1 Å². The van der Waals surface area contributed by atoms with Gasteiger partial charge in [0.15, 0.2) is 5.82 Å². The maximum absolute atomic E-state index is 5.72. The maximum Gasteiger partial charge on any atom is 0.277 e. The number of nitrogens with zero attached hydrogens (tertiary/aromatic N) is 4. The van der Waals surface area contributed by atoms with E-state index < -0.39 is 0 Å². The molecule has 0 fully saturated rings. The highest BCUT2D eigenvalue weighted by Gasteiger charge is 2.14. The Morgan fingerprint density at radius 1 is 1.22 bits per heavy atom. The number of hydrogen-bond donors (Lipinski definition) is 1. The highest BCUT2D eigenvalue weighted by atomic mass is 32.2. The second-order valence-electron chi connectivity index (χ2n) is 4.87. The van der Waals surface area contributed by atoms with E-state index in [0.29, 0.717) is 28.6 Å². The van der Waals surface area contributed by atoms with E-state index >= 15 is 0 Å². The quantitative estimate of drug-likeness (QED) is 0.561. The molecule has 3 aromatic heterocycles. The fourth-order valence-corrected chi connectivity index (χ4v) is 2.84. The molecule has 116 valence electrons. The van der Waals surface area contributed by atoms with Crippen molar-refractivity contribution in [3.05, 3.63) is 42.2 Å². The fraction of sp³-hybridized carbons (Fsp3) is 0.200. The van der Waals surface area contributed by atoms with Gasteiger partial charge >= 0.3 is 0 Å². The van der Waals surface area contributed by atoms with Crippen molar-refractivity contribution in [2.45, 2.75) is 24.3 Å². The van der Waals surface area contributed by atoms with Crippen LogP contribution in [0.2, 0.25) is 0 Å². The van der Waals surface area contributed by atoms with Crippen molar-refractivity contribution in [1.29, 1.82) is 0 Å². The van der Waals surface area contributed by atoms with E-state index in [-0.39, 0.29) is 0 Å². The van der Waals surface area contributed by atoms with E-state index in [1.54, 1.807) is 0 Å². The van der Waals surface area contributed by atoms with Crippen LogP contribution in [0.1, 0.15) is 18.6 Å². The van der Waals surface area contributed by atoms with Gasteiger partial charge in [-0.15, -0.1) is 10.2 Å². The molecule has 1 aromatic carbocycles. The van der Waals surface area contributed by atoms with E-state index in [0.717, 1.165) is 22.9 Å². The molecule has 0 saturated carbocycles. The largest absolute Gasteiger partial charge is 0.411 e. The Hall–Kier alpha value is -2.61. The van der Waals surface area contributed by atoms with Gasteiger partial charge in [0.05, 0.1) is 11.3 Å². The molecule has 8 heteroatoms. The van der Waals surface area contributed by atoms with Crippen LogP contribution in [0.15, 0.2) is 44.6 Å². The lowest BCUT2D eigenvalue weighted by Crippen LogP contribution is -1.84. The zero-order valence-corrected chi connectivity index (χ0v) is 13.1. The lowest BCUT2D eigenvalue weighted by atomic mass is 10.2. The fourth-order valence-electron chi connectivity index (χ4n) is 2.24. The summed E-state index contributed by atoms with van der Waals surface area (Å²) in [7, 11) is 0. The topological polar surface area (TPSA) is 93.6 Å². The van der Waals surface area contributed by atoms with Gasteiger partial charge in [0.1, 0.15) is 0 Å². The first-order chi connectivity index (χ1) is 11.3. The van der Waals surface area contributed by atoms with Gasteiger partial charge in [-0.2, -0.15) is 4.98 Å². The molecule has 0 aliphatic rings. The molecule has 0 unspecified atom stereocenters. The van der Waals surface area contributed by atoms with Crippen LogP contribution < -0.4 is 0 Å². The number of fused-ring (bicyclic) bond motifs is 1. The highest BCUT2D eigenvalue weighted by molar-refractivity contribution is 7.98. The van der Waals surface area contributed by atoms with Gasteiger partial charge in [-0.3, -0.25) is 0 Å². The molecule has 0 aliphatic heterocycles. The van der Waals surface area contributed by atoms with E-state index in [1.165, 1.54) is 11.8 Å². The molecule has 0 spiro atoms. The minimum atomic E-state index is 0.474. The lowest BCUT2D eigenvalue weighted by molar-refractivity contribution is 0.384. The monoisotopic (exact) mass is 327 g/mol. The van der Waals surface area contributed by atoms with E-state index in [1.807, 2.05) is 37.4 Å². The Labute approximate surface area is 135 Å². The summed E-state index contributed by atoms with van der Waals surface area (Å²) in [4.78, 5) is 7.44. The van der Waals surface area contributed by atoms with Gasteiger partial charge < -0.3 is 13.9 Å². The van der Waals surface area contributed by atoms with Crippen molar-refractivity contribution in [3.8, 4) is 11.5 Å². The molecule has 7 nitrogen and oxygen atoms in total. The third-order valence-corrected chi connectivity index (χ3v) is 4.17. The summed E-state index contributed by atoms with van der Waals surface area (Å²) >= 11 is 1.37. The molecule has 3 heterocycles. The van der Waals surface area contributed by atoms with Gasteiger partial charge in [0.2, 0.25) is 5.89 Å². The molecule has 0 atom stereocenters. The van der Waals surface area contributed by atoms with Crippen molar-refractivity contribution in [3.63, 3.8) is 0 Å². The van der Waals surface area contributed by atoms with E-state index in [4.69, 9.17) is 8.94 Å². The Kier molecular flexibility index (Phi) is 3.58.